The second-order valence-corrected chi connectivity index (χ2v) is 11.2. The highest BCUT2D eigenvalue weighted by Gasteiger charge is 2.51. The number of hydrogen-bond donors (Lipinski definition) is 0. The summed E-state index contributed by atoms with van der Waals surface area (Å²) < 4.78 is 2.24. The first-order chi connectivity index (χ1) is 14.3. The van der Waals surface area contributed by atoms with E-state index in [0.29, 0.717) is 23.1 Å². The molecular formula is C26H35N3O. The van der Waals surface area contributed by atoms with Gasteiger partial charge in [-0.1, -0.05) is 52.0 Å². The number of nitrogens with zero attached hydrogens (tertiary/aromatic N) is 3. The Morgan fingerprint density at radius 1 is 1.17 bits per heavy atom. The summed E-state index contributed by atoms with van der Waals surface area (Å²) in [5.74, 6) is 1.73. The second kappa shape index (κ2) is 6.96. The molecule has 4 heteroatoms. The number of rotatable bonds is 3. The van der Waals surface area contributed by atoms with Gasteiger partial charge < -0.3 is 9.47 Å². The largest absolute Gasteiger partial charge is 0.334 e. The Hall–Kier alpha value is -2.10. The minimum Gasteiger partial charge on any atom is -0.334 e. The van der Waals surface area contributed by atoms with Crippen LogP contribution in [0.25, 0.3) is 0 Å². The Balaban J connectivity index is 1.34. The number of aromatic nitrogens is 2. The fraction of sp³-hybridized carbons (Fsp3) is 0.615. The van der Waals surface area contributed by atoms with Crippen molar-refractivity contribution in [1.82, 2.24) is 14.5 Å². The summed E-state index contributed by atoms with van der Waals surface area (Å²) in [7, 11) is 0. The smallest absolute Gasteiger partial charge is 0.274 e. The van der Waals surface area contributed by atoms with E-state index in [1.165, 1.54) is 17.5 Å². The molecule has 3 aliphatic rings. The molecule has 2 aliphatic heterocycles. The highest BCUT2D eigenvalue weighted by molar-refractivity contribution is 5.92. The number of fused-ring (bicyclic) bond motifs is 3. The molecule has 3 heterocycles. The number of carbonyl (C=O) groups excluding carboxylic acids is 1. The van der Waals surface area contributed by atoms with Crippen LogP contribution in [0.5, 0.6) is 0 Å². The molecule has 30 heavy (non-hydrogen) atoms. The summed E-state index contributed by atoms with van der Waals surface area (Å²) in [6.07, 6.45) is 8.62. The maximum Gasteiger partial charge on any atom is 0.274 e. The van der Waals surface area contributed by atoms with Crippen LogP contribution in [0.3, 0.4) is 0 Å². The maximum atomic E-state index is 13.4. The first-order valence-electron chi connectivity index (χ1n) is 11.7. The van der Waals surface area contributed by atoms with Gasteiger partial charge in [-0.2, -0.15) is 0 Å². The van der Waals surface area contributed by atoms with Gasteiger partial charge in [0.25, 0.3) is 5.91 Å². The molecule has 2 fully saturated rings. The normalized spacial score (nSPS) is 29.7. The van der Waals surface area contributed by atoms with E-state index >= 15 is 0 Å². The van der Waals surface area contributed by atoms with E-state index < -0.39 is 0 Å². The fourth-order valence-electron chi connectivity index (χ4n) is 6.69. The van der Waals surface area contributed by atoms with Gasteiger partial charge in [0.05, 0.1) is 0 Å². The van der Waals surface area contributed by atoms with Crippen molar-refractivity contribution >= 4 is 5.91 Å². The lowest BCUT2D eigenvalue weighted by Crippen LogP contribution is -2.37. The molecule has 1 aromatic heterocycles. The van der Waals surface area contributed by atoms with Crippen LogP contribution in [-0.2, 0) is 19.4 Å². The monoisotopic (exact) mass is 405 g/mol. The van der Waals surface area contributed by atoms with E-state index in [9.17, 15) is 4.79 Å². The van der Waals surface area contributed by atoms with Crippen LogP contribution in [-0.4, -0.2) is 32.9 Å². The molecule has 0 radical (unpaired) electrons. The summed E-state index contributed by atoms with van der Waals surface area (Å²) in [4.78, 5) is 20.4. The summed E-state index contributed by atoms with van der Waals surface area (Å²) in [6.45, 7) is 11.1. The molecule has 3 unspecified atom stereocenters. The maximum absolute atomic E-state index is 13.4. The zero-order valence-corrected chi connectivity index (χ0v) is 18.9. The number of aryl methyl sites for hydroxylation is 2. The average Bonchev–Trinajstić information content (AvgIpc) is 3.24. The van der Waals surface area contributed by atoms with Crippen molar-refractivity contribution in [1.29, 1.82) is 0 Å². The first-order valence-corrected chi connectivity index (χ1v) is 11.7. The Labute approximate surface area is 180 Å². The standard InChI is InChI=1S/C26H35N3O/c1-5-18-6-8-19(9-7-18)20-10-11-23-27-22(15-28(23)14-20)24(30)29-17-26(4)13-21(29)12-25(2,3)16-26/h6-9,15,20-21H,5,10-14,16-17H2,1-4H3. The van der Waals surface area contributed by atoms with Gasteiger partial charge >= 0.3 is 0 Å². The van der Waals surface area contributed by atoms with Crippen LogP contribution < -0.4 is 0 Å². The van der Waals surface area contributed by atoms with Crippen LogP contribution in [0.2, 0.25) is 0 Å². The van der Waals surface area contributed by atoms with E-state index in [0.717, 1.165) is 51.0 Å². The summed E-state index contributed by atoms with van der Waals surface area (Å²) in [5, 5.41) is 0. The van der Waals surface area contributed by atoms with E-state index in [2.05, 4.69) is 61.4 Å². The minimum absolute atomic E-state index is 0.146. The second-order valence-electron chi connectivity index (χ2n) is 11.2. The number of likely N-dealkylation sites (tertiary alicyclic amines) is 1. The first kappa shape index (κ1) is 19.8. The highest BCUT2D eigenvalue weighted by atomic mass is 16.2. The fourth-order valence-corrected chi connectivity index (χ4v) is 6.69. The summed E-state index contributed by atoms with van der Waals surface area (Å²) in [6, 6.07) is 9.44. The van der Waals surface area contributed by atoms with Gasteiger partial charge in [0, 0.05) is 37.7 Å². The third-order valence-corrected chi connectivity index (χ3v) is 7.75. The van der Waals surface area contributed by atoms with Crippen molar-refractivity contribution < 1.29 is 4.79 Å². The molecule has 5 rings (SSSR count). The van der Waals surface area contributed by atoms with E-state index in [1.807, 2.05) is 6.20 Å². The SMILES string of the molecule is CCc1ccc(C2CCc3nc(C(=O)N4CC5(C)CC4CC(C)(C)C5)cn3C2)cc1. The number of carbonyl (C=O) groups is 1. The van der Waals surface area contributed by atoms with Crippen molar-refractivity contribution in [3.8, 4) is 0 Å². The third-order valence-electron chi connectivity index (χ3n) is 7.75. The number of hydrogen-bond acceptors (Lipinski definition) is 2. The zero-order chi connectivity index (χ0) is 21.1. The van der Waals surface area contributed by atoms with E-state index in [1.54, 1.807) is 0 Å². The van der Waals surface area contributed by atoms with Gasteiger partial charge in [0.2, 0.25) is 0 Å². The molecule has 2 bridgehead atoms. The number of imidazole rings is 1. The van der Waals surface area contributed by atoms with Crippen molar-refractivity contribution in [3.05, 3.63) is 53.1 Å². The molecule has 0 N–H and O–H groups in total. The molecule has 1 aliphatic carbocycles. The minimum atomic E-state index is 0.146. The van der Waals surface area contributed by atoms with Gasteiger partial charge in [0.1, 0.15) is 11.5 Å². The molecule has 3 atom stereocenters. The predicted octanol–water partition coefficient (Wildman–Crippen LogP) is 5.22. The van der Waals surface area contributed by atoms with Gasteiger partial charge in [-0.25, -0.2) is 4.98 Å². The van der Waals surface area contributed by atoms with Gasteiger partial charge in [0.15, 0.2) is 0 Å². The third kappa shape index (κ3) is 3.48. The Morgan fingerprint density at radius 3 is 2.67 bits per heavy atom. The molecule has 160 valence electrons. The molecule has 1 saturated carbocycles. The summed E-state index contributed by atoms with van der Waals surface area (Å²) in [5.41, 5.74) is 4.03. The lowest BCUT2D eigenvalue weighted by atomic mass is 9.65. The highest BCUT2D eigenvalue weighted by Crippen LogP contribution is 2.52. The van der Waals surface area contributed by atoms with Gasteiger partial charge in [-0.15, -0.1) is 0 Å². The Morgan fingerprint density at radius 2 is 1.93 bits per heavy atom. The topological polar surface area (TPSA) is 38.1 Å². The van der Waals surface area contributed by atoms with Gasteiger partial charge in [-0.3, -0.25) is 4.79 Å². The van der Waals surface area contributed by atoms with Crippen LogP contribution in [0.15, 0.2) is 30.5 Å². The molecule has 4 nitrogen and oxygen atoms in total. The molecule has 1 saturated heterocycles. The van der Waals surface area contributed by atoms with Crippen molar-refractivity contribution in [2.75, 3.05) is 6.54 Å². The van der Waals surface area contributed by atoms with Crippen LogP contribution >= 0.6 is 0 Å². The lowest BCUT2D eigenvalue weighted by Gasteiger charge is -2.39. The molecule has 1 amide bonds. The van der Waals surface area contributed by atoms with Crippen LogP contribution in [0, 0.1) is 10.8 Å². The number of amides is 1. The van der Waals surface area contributed by atoms with E-state index in [4.69, 9.17) is 4.98 Å². The van der Waals surface area contributed by atoms with Crippen LogP contribution in [0.4, 0.5) is 0 Å². The average molecular weight is 406 g/mol. The molecule has 1 aromatic carbocycles. The zero-order valence-electron chi connectivity index (χ0n) is 18.9. The van der Waals surface area contributed by atoms with E-state index in [-0.39, 0.29) is 11.3 Å². The van der Waals surface area contributed by atoms with Crippen molar-refractivity contribution in [2.45, 2.75) is 84.7 Å². The van der Waals surface area contributed by atoms with Crippen molar-refractivity contribution in [3.63, 3.8) is 0 Å². The number of benzene rings is 1. The van der Waals surface area contributed by atoms with Crippen molar-refractivity contribution in [2.24, 2.45) is 10.8 Å². The molecule has 2 aromatic rings. The van der Waals surface area contributed by atoms with Crippen LogP contribution in [0.1, 0.15) is 86.7 Å². The van der Waals surface area contributed by atoms with Gasteiger partial charge in [-0.05, 0) is 54.1 Å². The predicted molar refractivity (Wildman–Crippen MR) is 120 cm³/mol. The molecular weight excluding hydrogens is 370 g/mol. The summed E-state index contributed by atoms with van der Waals surface area (Å²) >= 11 is 0. The Bertz CT molecular complexity index is 957. The molecule has 0 spiro atoms. The lowest BCUT2D eigenvalue weighted by molar-refractivity contribution is 0.0702. The quantitative estimate of drug-likeness (QED) is 0.702. The Kier molecular flexibility index (Phi) is 4.61.